The molecule has 2 heterocycles. The van der Waals surface area contributed by atoms with E-state index in [-0.39, 0.29) is 12.7 Å². The minimum Gasteiger partial charge on any atom is -0.454 e. The Bertz CT molecular complexity index is 880. The molecule has 1 amide bonds. The highest BCUT2D eigenvalue weighted by Crippen LogP contribution is 2.40. The van der Waals surface area contributed by atoms with E-state index in [1.165, 1.54) is 11.8 Å². The van der Waals surface area contributed by atoms with Gasteiger partial charge in [0.05, 0.1) is 10.6 Å². The number of ether oxygens (including phenoxy) is 2. The maximum absolute atomic E-state index is 12.8. The van der Waals surface area contributed by atoms with Crippen LogP contribution in [0.5, 0.6) is 11.5 Å². The van der Waals surface area contributed by atoms with Gasteiger partial charge in [0.25, 0.3) is 5.91 Å². The highest BCUT2D eigenvalue weighted by molar-refractivity contribution is 9.10. The Kier molecular flexibility index (Phi) is 4.07. The molecule has 7 heteroatoms. The van der Waals surface area contributed by atoms with Crippen LogP contribution in [-0.4, -0.2) is 17.0 Å². The fourth-order valence-electron chi connectivity index (χ4n) is 2.49. The summed E-state index contributed by atoms with van der Waals surface area (Å²) in [6.07, 6.45) is 1.80. The first-order valence-corrected chi connectivity index (χ1v) is 9.07. The molecule has 0 radical (unpaired) electrons. The van der Waals surface area contributed by atoms with E-state index in [1.54, 1.807) is 11.0 Å². The molecule has 4 nitrogen and oxygen atoms in total. The smallest absolute Gasteiger partial charge is 0.270 e. The van der Waals surface area contributed by atoms with Crippen LogP contribution in [0.15, 0.2) is 51.8 Å². The average Bonchev–Trinajstić information content (AvgIpc) is 3.15. The highest BCUT2D eigenvalue weighted by Gasteiger charge is 2.33. The molecule has 2 aliphatic rings. The number of nitrogens with zero attached hydrogens (tertiary/aromatic N) is 1. The van der Waals surface area contributed by atoms with Crippen LogP contribution >= 0.6 is 39.9 Å². The van der Waals surface area contributed by atoms with E-state index in [0.29, 0.717) is 20.7 Å². The third-order valence-corrected chi connectivity index (χ3v) is 5.42. The zero-order chi connectivity index (χ0) is 16.7. The minimum atomic E-state index is -0.135. The number of rotatable bonds is 2. The summed E-state index contributed by atoms with van der Waals surface area (Å²) in [7, 11) is 0. The lowest BCUT2D eigenvalue weighted by Gasteiger charge is -2.14. The number of carbonyl (C=O) groups excluding carboxylic acids is 1. The van der Waals surface area contributed by atoms with Crippen molar-refractivity contribution in [2.75, 3.05) is 11.7 Å². The standard InChI is InChI=1S/C17H10BrNO3S2/c18-11-4-6-12(7-5-11)19-16(20)14(24-17(19)23)8-10-2-1-3-13-15(10)22-9-21-13/h1-8H,9H2/b14-8-. The van der Waals surface area contributed by atoms with E-state index < -0.39 is 0 Å². The predicted molar refractivity (Wildman–Crippen MR) is 102 cm³/mol. The van der Waals surface area contributed by atoms with E-state index in [9.17, 15) is 4.79 Å². The molecule has 1 saturated heterocycles. The number of benzene rings is 2. The molecule has 0 saturated carbocycles. The Morgan fingerprint density at radius 1 is 1.17 bits per heavy atom. The lowest BCUT2D eigenvalue weighted by molar-refractivity contribution is -0.113. The van der Waals surface area contributed by atoms with Crippen LogP contribution in [0.25, 0.3) is 6.08 Å². The summed E-state index contributed by atoms with van der Waals surface area (Å²) < 4.78 is 12.3. The van der Waals surface area contributed by atoms with Crippen molar-refractivity contribution in [2.24, 2.45) is 0 Å². The van der Waals surface area contributed by atoms with Gasteiger partial charge in [-0.25, -0.2) is 0 Å². The first kappa shape index (κ1) is 15.7. The van der Waals surface area contributed by atoms with Crippen LogP contribution in [0, 0.1) is 0 Å². The zero-order valence-electron chi connectivity index (χ0n) is 12.2. The van der Waals surface area contributed by atoms with E-state index in [4.69, 9.17) is 21.7 Å². The molecule has 2 aliphatic heterocycles. The Morgan fingerprint density at radius 2 is 1.96 bits per heavy atom. The number of fused-ring (bicyclic) bond motifs is 1. The molecule has 120 valence electrons. The molecule has 2 aromatic carbocycles. The van der Waals surface area contributed by atoms with Gasteiger partial charge in [-0.1, -0.05) is 52.0 Å². The summed E-state index contributed by atoms with van der Waals surface area (Å²) in [6.45, 7) is 0.194. The molecule has 0 aliphatic carbocycles. The van der Waals surface area contributed by atoms with Gasteiger partial charge in [-0.2, -0.15) is 0 Å². The van der Waals surface area contributed by atoms with E-state index in [0.717, 1.165) is 15.7 Å². The normalized spacial score (nSPS) is 17.9. The molecule has 0 N–H and O–H groups in total. The highest BCUT2D eigenvalue weighted by atomic mass is 79.9. The molecule has 0 unspecified atom stereocenters. The molecule has 0 bridgehead atoms. The van der Waals surface area contributed by atoms with Crippen LogP contribution in [0.2, 0.25) is 0 Å². The Labute approximate surface area is 156 Å². The summed E-state index contributed by atoms with van der Waals surface area (Å²) in [6, 6.07) is 13.1. The van der Waals surface area contributed by atoms with E-state index in [2.05, 4.69) is 15.9 Å². The van der Waals surface area contributed by atoms with Gasteiger partial charge in [0.1, 0.15) is 0 Å². The second kappa shape index (κ2) is 6.23. The largest absolute Gasteiger partial charge is 0.454 e. The minimum absolute atomic E-state index is 0.135. The molecule has 2 aromatic rings. The number of thioether (sulfide) groups is 1. The van der Waals surface area contributed by atoms with E-state index >= 15 is 0 Å². The van der Waals surface area contributed by atoms with Crippen LogP contribution in [0.4, 0.5) is 5.69 Å². The molecule has 4 rings (SSSR count). The Hall–Kier alpha value is -1.83. The van der Waals surface area contributed by atoms with Gasteiger partial charge in [-0.05, 0) is 36.4 Å². The SMILES string of the molecule is O=C1/C(=C/c2cccc3c2OCO3)SC(=S)N1c1ccc(Br)cc1. The van der Waals surface area contributed by atoms with Crippen LogP contribution in [-0.2, 0) is 4.79 Å². The molecular formula is C17H10BrNO3S2. The average molecular weight is 420 g/mol. The number of thiocarbonyl (C=S) groups is 1. The van der Waals surface area contributed by atoms with Crippen LogP contribution in [0.3, 0.4) is 0 Å². The van der Waals surface area contributed by atoms with Crippen molar-refractivity contribution in [1.29, 1.82) is 0 Å². The first-order valence-electron chi connectivity index (χ1n) is 7.05. The number of anilines is 1. The van der Waals surface area contributed by atoms with Gasteiger partial charge in [-0.3, -0.25) is 9.69 Å². The fraction of sp³-hybridized carbons (Fsp3) is 0.0588. The topological polar surface area (TPSA) is 38.8 Å². The Balaban J connectivity index is 1.69. The summed E-state index contributed by atoms with van der Waals surface area (Å²) in [4.78, 5) is 14.9. The molecule has 0 spiro atoms. The second-order valence-corrected chi connectivity index (χ2v) is 7.67. The number of amides is 1. The fourth-order valence-corrected chi connectivity index (χ4v) is 4.04. The van der Waals surface area contributed by atoms with Gasteiger partial charge in [0, 0.05) is 10.0 Å². The lowest BCUT2D eigenvalue weighted by Crippen LogP contribution is -2.27. The summed E-state index contributed by atoms with van der Waals surface area (Å²) >= 11 is 10.1. The van der Waals surface area contributed by atoms with Crippen LogP contribution in [0.1, 0.15) is 5.56 Å². The van der Waals surface area contributed by atoms with Gasteiger partial charge in [0.15, 0.2) is 15.8 Å². The number of carbonyl (C=O) groups is 1. The monoisotopic (exact) mass is 419 g/mol. The van der Waals surface area contributed by atoms with Crippen molar-refractivity contribution in [3.8, 4) is 11.5 Å². The lowest BCUT2D eigenvalue weighted by atomic mass is 10.1. The number of para-hydroxylation sites is 1. The van der Waals surface area contributed by atoms with Gasteiger partial charge in [-0.15, -0.1) is 0 Å². The Morgan fingerprint density at radius 3 is 2.75 bits per heavy atom. The predicted octanol–water partition coefficient (Wildman–Crippen LogP) is 4.58. The number of hydrogen-bond donors (Lipinski definition) is 0. The van der Waals surface area contributed by atoms with Gasteiger partial charge < -0.3 is 9.47 Å². The third-order valence-electron chi connectivity index (χ3n) is 3.59. The molecule has 1 fully saturated rings. The van der Waals surface area contributed by atoms with Crippen molar-refractivity contribution in [2.45, 2.75) is 0 Å². The molecular weight excluding hydrogens is 410 g/mol. The van der Waals surface area contributed by atoms with Gasteiger partial charge in [0.2, 0.25) is 6.79 Å². The first-order chi connectivity index (χ1) is 11.6. The summed E-state index contributed by atoms with van der Waals surface area (Å²) in [5.74, 6) is 1.21. The summed E-state index contributed by atoms with van der Waals surface area (Å²) in [5.41, 5.74) is 1.56. The van der Waals surface area contributed by atoms with Crippen LogP contribution < -0.4 is 14.4 Å². The molecule has 0 atom stereocenters. The molecule has 0 aromatic heterocycles. The molecule has 24 heavy (non-hydrogen) atoms. The third kappa shape index (κ3) is 2.72. The zero-order valence-corrected chi connectivity index (χ0v) is 15.4. The maximum Gasteiger partial charge on any atom is 0.270 e. The number of hydrogen-bond acceptors (Lipinski definition) is 5. The van der Waals surface area contributed by atoms with Crippen molar-refractivity contribution in [1.82, 2.24) is 0 Å². The second-order valence-electron chi connectivity index (χ2n) is 5.07. The van der Waals surface area contributed by atoms with Crippen molar-refractivity contribution in [3.05, 3.63) is 57.4 Å². The maximum atomic E-state index is 12.8. The van der Waals surface area contributed by atoms with Crippen molar-refractivity contribution < 1.29 is 14.3 Å². The van der Waals surface area contributed by atoms with Crippen molar-refractivity contribution >= 4 is 61.9 Å². The van der Waals surface area contributed by atoms with E-state index in [1.807, 2.05) is 42.5 Å². The van der Waals surface area contributed by atoms with Crippen molar-refractivity contribution in [3.63, 3.8) is 0 Å². The summed E-state index contributed by atoms with van der Waals surface area (Å²) in [5, 5.41) is 0. The van der Waals surface area contributed by atoms with Gasteiger partial charge >= 0.3 is 0 Å². The number of halogens is 1. The quantitative estimate of drug-likeness (QED) is 0.525.